The summed E-state index contributed by atoms with van der Waals surface area (Å²) in [5, 5.41) is 5.60. The van der Waals surface area contributed by atoms with Crippen molar-refractivity contribution in [2.75, 3.05) is 6.54 Å². The molecule has 0 atom stereocenters. The lowest BCUT2D eigenvalue weighted by Gasteiger charge is -2.39. The van der Waals surface area contributed by atoms with E-state index < -0.39 is 5.41 Å². The van der Waals surface area contributed by atoms with E-state index in [1.54, 1.807) is 0 Å². The SMILES string of the molecule is CC(C)(C)NC(=O)CCNC(=O)C1(C(N)=S)CCC1. The molecule has 108 valence electrons. The van der Waals surface area contributed by atoms with E-state index in [4.69, 9.17) is 18.0 Å². The molecule has 0 saturated heterocycles. The minimum Gasteiger partial charge on any atom is -0.392 e. The number of amides is 2. The van der Waals surface area contributed by atoms with Crippen molar-refractivity contribution in [2.45, 2.75) is 52.0 Å². The number of nitrogens with two attached hydrogens (primary N) is 1. The van der Waals surface area contributed by atoms with Gasteiger partial charge in [0.2, 0.25) is 11.8 Å². The second-order valence-electron chi connectivity index (χ2n) is 6.10. The van der Waals surface area contributed by atoms with E-state index in [2.05, 4.69) is 10.6 Å². The van der Waals surface area contributed by atoms with Gasteiger partial charge in [-0.05, 0) is 33.6 Å². The maximum atomic E-state index is 12.0. The molecule has 4 N–H and O–H groups in total. The van der Waals surface area contributed by atoms with Crippen molar-refractivity contribution in [3.63, 3.8) is 0 Å². The van der Waals surface area contributed by atoms with Crippen molar-refractivity contribution in [3.05, 3.63) is 0 Å². The van der Waals surface area contributed by atoms with Crippen LogP contribution in [0.15, 0.2) is 0 Å². The van der Waals surface area contributed by atoms with Gasteiger partial charge in [-0.1, -0.05) is 18.6 Å². The minimum absolute atomic E-state index is 0.0780. The number of thiocarbonyl (C=S) groups is 1. The molecule has 0 unspecified atom stereocenters. The molecule has 1 aliphatic carbocycles. The molecular weight excluding hydrogens is 262 g/mol. The summed E-state index contributed by atoms with van der Waals surface area (Å²) in [6.45, 7) is 6.06. The summed E-state index contributed by atoms with van der Waals surface area (Å²) in [5.74, 6) is -0.222. The summed E-state index contributed by atoms with van der Waals surface area (Å²) in [6.07, 6.45) is 2.65. The Balaban J connectivity index is 2.35. The van der Waals surface area contributed by atoms with Crippen LogP contribution in [0.4, 0.5) is 0 Å². The van der Waals surface area contributed by atoms with Gasteiger partial charge in [-0.2, -0.15) is 0 Å². The van der Waals surface area contributed by atoms with Gasteiger partial charge >= 0.3 is 0 Å². The number of hydrogen-bond acceptors (Lipinski definition) is 3. The van der Waals surface area contributed by atoms with Crippen LogP contribution in [0.5, 0.6) is 0 Å². The normalized spacial score (nSPS) is 17.2. The quantitative estimate of drug-likeness (QED) is 0.654. The molecule has 1 saturated carbocycles. The predicted octanol–water partition coefficient (Wildman–Crippen LogP) is 0.864. The van der Waals surface area contributed by atoms with E-state index in [0.717, 1.165) is 6.42 Å². The second kappa shape index (κ2) is 5.86. The van der Waals surface area contributed by atoms with Crippen molar-refractivity contribution in [3.8, 4) is 0 Å². The molecule has 2 amide bonds. The zero-order valence-electron chi connectivity index (χ0n) is 11.8. The van der Waals surface area contributed by atoms with Gasteiger partial charge in [0.05, 0.1) is 10.4 Å². The first-order chi connectivity index (χ1) is 8.67. The van der Waals surface area contributed by atoms with E-state index in [1.165, 1.54) is 0 Å². The first-order valence-electron chi connectivity index (χ1n) is 6.57. The predicted molar refractivity (Wildman–Crippen MR) is 78.6 cm³/mol. The summed E-state index contributed by atoms with van der Waals surface area (Å²) in [6, 6.07) is 0. The first kappa shape index (κ1) is 15.9. The molecule has 1 aliphatic rings. The van der Waals surface area contributed by atoms with Gasteiger partial charge in [0, 0.05) is 18.5 Å². The van der Waals surface area contributed by atoms with E-state index in [0.29, 0.717) is 19.4 Å². The molecule has 0 aromatic rings. The molecule has 0 heterocycles. The molecule has 6 heteroatoms. The van der Waals surface area contributed by atoms with Gasteiger partial charge in [-0.3, -0.25) is 9.59 Å². The maximum Gasteiger partial charge on any atom is 0.233 e. The van der Waals surface area contributed by atoms with Gasteiger partial charge in [-0.15, -0.1) is 0 Å². The number of rotatable bonds is 5. The lowest BCUT2D eigenvalue weighted by atomic mass is 9.68. The van der Waals surface area contributed by atoms with Crippen molar-refractivity contribution < 1.29 is 9.59 Å². The minimum atomic E-state index is -0.671. The fraction of sp³-hybridized carbons (Fsp3) is 0.769. The summed E-state index contributed by atoms with van der Waals surface area (Å²) < 4.78 is 0. The van der Waals surface area contributed by atoms with Crippen molar-refractivity contribution in [1.29, 1.82) is 0 Å². The lowest BCUT2D eigenvalue weighted by Crippen LogP contribution is -2.53. The Kier molecular flexibility index (Phi) is 4.90. The van der Waals surface area contributed by atoms with Crippen LogP contribution in [-0.2, 0) is 9.59 Å². The zero-order chi connectivity index (χ0) is 14.7. The summed E-state index contributed by atoms with van der Waals surface area (Å²) in [4.78, 5) is 23.9. The number of carbonyl (C=O) groups is 2. The van der Waals surface area contributed by atoms with Gasteiger partial charge in [-0.25, -0.2) is 0 Å². The van der Waals surface area contributed by atoms with Crippen LogP contribution in [0.25, 0.3) is 0 Å². The molecule has 5 nitrogen and oxygen atoms in total. The van der Waals surface area contributed by atoms with Gasteiger partial charge in [0.15, 0.2) is 0 Å². The molecule has 0 radical (unpaired) electrons. The molecule has 0 bridgehead atoms. The van der Waals surface area contributed by atoms with E-state index in [1.807, 2.05) is 20.8 Å². The molecule has 1 rings (SSSR count). The maximum absolute atomic E-state index is 12.0. The number of carbonyl (C=O) groups excluding carboxylic acids is 2. The third kappa shape index (κ3) is 4.16. The summed E-state index contributed by atoms with van der Waals surface area (Å²) >= 11 is 4.97. The van der Waals surface area contributed by atoms with Crippen molar-refractivity contribution in [1.82, 2.24) is 10.6 Å². The average Bonchev–Trinajstić information content (AvgIpc) is 2.11. The summed E-state index contributed by atoms with van der Waals surface area (Å²) in [7, 11) is 0. The molecule has 0 aromatic heterocycles. The largest absolute Gasteiger partial charge is 0.392 e. The Bertz CT molecular complexity index is 384. The van der Waals surface area contributed by atoms with Crippen molar-refractivity contribution >= 4 is 29.0 Å². The highest BCUT2D eigenvalue weighted by molar-refractivity contribution is 7.80. The monoisotopic (exact) mass is 285 g/mol. The standard InChI is InChI=1S/C13H23N3O2S/c1-12(2,3)16-9(17)5-8-15-11(18)13(10(14)19)6-4-7-13/h4-8H2,1-3H3,(H2,14,19)(H,15,18)(H,16,17). The Hall–Kier alpha value is -1.17. The van der Waals surface area contributed by atoms with Crippen LogP contribution in [0.3, 0.4) is 0 Å². The van der Waals surface area contributed by atoms with Crippen LogP contribution in [0.1, 0.15) is 46.5 Å². The Labute approximate surface area is 119 Å². The Morgan fingerprint density at radius 2 is 1.89 bits per heavy atom. The number of hydrogen-bond donors (Lipinski definition) is 3. The van der Waals surface area contributed by atoms with Crippen LogP contribution in [-0.4, -0.2) is 28.9 Å². The topological polar surface area (TPSA) is 84.2 Å². The molecule has 0 aromatic carbocycles. The Morgan fingerprint density at radius 1 is 1.32 bits per heavy atom. The van der Waals surface area contributed by atoms with Crippen LogP contribution >= 0.6 is 12.2 Å². The average molecular weight is 285 g/mol. The van der Waals surface area contributed by atoms with Gasteiger partial charge < -0.3 is 16.4 Å². The molecule has 0 aliphatic heterocycles. The number of nitrogens with one attached hydrogen (secondary N) is 2. The van der Waals surface area contributed by atoms with Crippen molar-refractivity contribution in [2.24, 2.45) is 11.1 Å². The smallest absolute Gasteiger partial charge is 0.233 e. The fourth-order valence-electron chi connectivity index (χ4n) is 2.06. The molecule has 0 spiro atoms. The highest BCUT2D eigenvalue weighted by Gasteiger charge is 2.46. The second-order valence-corrected chi connectivity index (χ2v) is 6.54. The zero-order valence-corrected chi connectivity index (χ0v) is 12.7. The third-order valence-electron chi connectivity index (χ3n) is 3.27. The lowest BCUT2D eigenvalue weighted by molar-refractivity contribution is -0.131. The highest BCUT2D eigenvalue weighted by atomic mass is 32.1. The molecular formula is C13H23N3O2S. The van der Waals surface area contributed by atoms with E-state index >= 15 is 0 Å². The van der Waals surface area contributed by atoms with E-state index in [9.17, 15) is 9.59 Å². The van der Waals surface area contributed by atoms with Gasteiger partial charge in [0.25, 0.3) is 0 Å². The molecule has 19 heavy (non-hydrogen) atoms. The Morgan fingerprint density at radius 3 is 2.26 bits per heavy atom. The fourth-order valence-corrected chi connectivity index (χ4v) is 2.35. The molecule has 1 fully saturated rings. The van der Waals surface area contributed by atoms with Gasteiger partial charge in [0.1, 0.15) is 0 Å². The highest BCUT2D eigenvalue weighted by Crippen LogP contribution is 2.41. The summed E-state index contributed by atoms with van der Waals surface area (Å²) in [5.41, 5.74) is 4.71. The van der Waals surface area contributed by atoms with Crippen LogP contribution < -0.4 is 16.4 Å². The first-order valence-corrected chi connectivity index (χ1v) is 6.97. The van der Waals surface area contributed by atoms with E-state index in [-0.39, 0.29) is 28.8 Å². The van der Waals surface area contributed by atoms with Crippen LogP contribution in [0.2, 0.25) is 0 Å². The van der Waals surface area contributed by atoms with Crippen LogP contribution in [0, 0.1) is 5.41 Å². The third-order valence-corrected chi connectivity index (χ3v) is 3.66.